The summed E-state index contributed by atoms with van der Waals surface area (Å²) in [7, 11) is 0. The molecule has 4 amide bonds. The van der Waals surface area contributed by atoms with E-state index in [4.69, 9.17) is 10.9 Å². The van der Waals surface area contributed by atoms with Gasteiger partial charge in [-0.2, -0.15) is 0 Å². The van der Waals surface area contributed by atoms with Crippen molar-refractivity contribution >= 4 is 23.6 Å². The van der Waals surface area contributed by atoms with E-state index >= 15 is 0 Å². The SMILES string of the molecule is CC[C@@H](C)[C@H](N)C(=O)N[C@H]1CC(=O)N(CC(=O)NO)C1=O. The lowest BCUT2D eigenvalue weighted by Gasteiger charge is -2.20. The summed E-state index contributed by atoms with van der Waals surface area (Å²) in [6, 6.07) is -1.79. The van der Waals surface area contributed by atoms with Crippen LogP contribution in [0.2, 0.25) is 0 Å². The minimum absolute atomic E-state index is 0.0616. The summed E-state index contributed by atoms with van der Waals surface area (Å²) in [6.45, 7) is 3.11. The van der Waals surface area contributed by atoms with Crippen molar-refractivity contribution in [1.82, 2.24) is 15.7 Å². The van der Waals surface area contributed by atoms with Gasteiger partial charge in [-0.05, 0) is 5.92 Å². The summed E-state index contributed by atoms with van der Waals surface area (Å²) < 4.78 is 0. The number of carbonyl (C=O) groups excluding carboxylic acids is 4. The molecule has 0 aromatic carbocycles. The minimum atomic E-state index is -1.02. The molecule has 1 saturated heterocycles. The van der Waals surface area contributed by atoms with Crippen molar-refractivity contribution in [3.63, 3.8) is 0 Å². The van der Waals surface area contributed by atoms with E-state index < -0.39 is 42.3 Å². The highest BCUT2D eigenvalue weighted by Gasteiger charge is 2.40. The highest BCUT2D eigenvalue weighted by molar-refractivity contribution is 6.08. The van der Waals surface area contributed by atoms with Crippen LogP contribution >= 0.6 is 0 Å². The van der Waals surface area contributed by atoms with Gasteiger partial charge in [-0.1, -0.05) is 20.3 Å². The smallest absolute Gasteiger partial charge is 0.263 e. The second kappa shape index (κ2) is 7.14. The maximum Gasteiger partial charge on any atom is 0.263 e. The predicted octanol–water partition coefficient (Wildman–Crippen LogP) is -1.89. The Morgan fingerprint density at radius 3 is 2.62 bits per heavy atom. The van der Waals surface area contributed by atoms with Crippen molar-refractivity contribution in [2.45, 2.75) is 38.8 Å². The van der Waals surface area contributed by atoms with Gasteiger partial charge in [0.25, 0.3) is 11.8 Å². The van der Waals surface area contributed by atoms with Crippen molar-refractivity contribution in [3.8, 4) is 0 Å². The number of nitrogens with zero attached hydrogens (tertiary/aromatic N) is 1. The van der Waals surface area contributed by atoms with Gasteiger partial charge in [-0.15, -0.1) is 0 Å². The number of nitrogens with one attached hydrogen (secondary N) is 2. The molecule has 5 N–H and O–H groups in total. The summed E-state index contributed by atoms with van der Waals surface area (Å²) in [4.78, 5) is 47.2. The molecule has 3 atom stereocenters. The van der Waals surface area contributed by atoms with Crippen molar-refractivity contribution in [1.29, 1.82) is 0 Å². The van der Waals surface area contributed by atoms with Gasteiger partial charge >= 0.3 is 0 Å². The average molecular weight is 300 g/mol. The van der Waals surface area contributed by atoms with Crippen molar-refractivity contribution < 1.29 is 24.4 Å². The lowest BCUT2D eigenvalue weighted by atomic mass is 9.99. The third-order valence-electron chi connectivity index (χ3n) is 3.55. The van der Waals surface area contributed by atoms with E-state index in [1.807, 2.05) is 13.8 Å². The molecule has 0 saturated carbocycles. The van der Waals surface area contributed by atoms with Gasteiger partial charge in [-0.25, -0.2) is 5.48 Å². The van der Waals surface area contributed by atoms with Crippen LogP contribution in [0.25, 0.3) is 0 Å². The highest BCUT2D eigenvalue weighted by Crippen LogP contribution is 2.14. The van der Waals surface area contributed by atoms with Crippen LogP contribution in [0, 0.1) is 5.92 Å². The number of hydrogen-bond acceptors (Lipinski definition) is 6. The quantitative estimate of drug-likeness (QED) is 0.257. The Balaban J connectivity index is 2.66. The summed E-state index contributed by atoms with van der Waals surface area (Å²) in [5.41, 5.74) is 7.08. The second-order valence-electron chi connectivity index (χ2n) is 5.03. The molecule has 9 heteroatoms. The number of carbonyl (C=O) groups is 4. The van der Waals surface area contributed by atoms with Crippen LogP contribution in [0.4, 0.5) is 0 Å². The molecule has 1 heterocycles. The molecule has 0 bridgehead atoms. The van der Waals surface area contributed by atoms with Crippen LogP contribution in [0.1, 0.15) is 26.7 Å². The van der Waals surface area contributed by atoms with Crippen molar-refractivity contribution in [2.75, 3.05) is 6.54 Å². The molecular formula is C12H20N4O5. The van der Waals surface area contributed by atoms with Gasteiger partial charge in [0, 0.05) is 0 Å². The third kappa shape index (κ3) is 3.99. The number of hydrogen-bond donors (Lipinski definition) is 4. The fraction of sp³-hybridized carbons (Fsp3) is 0.667. The van der Waals surface area contributed by atoms with Gasteiger partial charge in [0.05, 0.1) is 12.5 Å². The predicted molar refractivity (Wildman–Crippen MR) is 70.6 cm³/mol. The number of hydroxylamine groups is 1. The van der Waals surface area contributed by atoms with Crippen molar-refractivity contribution in [3.05, 3.63) is 0 Å². The van der Waals surface area contributed by atoms with E-state index in [2.05, 4.69) is 5.32 Å². The molecule has 1 fully saturated rings. The molecule has 1 rings (SSSR count). The molecule has 0 aliphatic carbocycles. The van der Waals surface area contributed by atoms with E-state index in [0.29, 0.717) is 11.3 Å². The normalized spacial score (nSPS) is 21.1. The lowest BCUT2D eigenvalue weighted by Crippen LogP contribution is -2.51. The first kappa shape index (κ1) is 17.1. The maximum absolute atomic E-state index is 12.0. The van der Waals surface area contributed by atoms with Crippen LogP contribution in [0.3, 0.4) is 0 Å². The minimum Gasteiger partial charge on any atom is -0.342 e. The van der Waals surface area contributed by atoms with Crippen LogP contribution in [0.5, 0.6) is 0 Å². The average Bonchev–Trinajstić information content (AvgIpc) is 2.72. The van der Waals surface area contributed by atoms with Crippen LogP contribution < -0.4 is 16.5 Å². The van der Waals surface area contributed by atoms with Gasteiger partial charge in [0.2, 0.25) is 11.8 Å². The molecule has 9 nitrogen and oxygen atoms in total. The molecule has 0 spiro atoms. The third-order valence-corrected chi connectivity index (χ3v) is 3.55. The zero-order chi connectivity index (χ0) is 16.2. The Labute approximate surface area is 121 Å². The monoisotopic (exact) mass is 300 g/mol. The first-order valence-electron chi connectivity index (χ1n) is 6.64. The lowest BCUT2D eigenvalue weighted by molar-refractivity contribution is -0.145. The molecule has 0 aromatic rings. The zero-order valence-corrected chi connectivity index (χ0v) is 12.0. The summed E-state index contributed by atoms with van der Waals surface area (Å²) in [6.07, 6.45) is 0.478. The largest absolute Gasteiger partial charge is 0.342 e. The molecule has 118 valence electrons. The Morgan fingerprint density at radius 1 is 1.48 bits per heavy atom. The molecule has 1 aliphatic rings. The first-order valence-corrected chi connectivity index (χ1v) is 6.64. The Morgan fingerprint density at radius 2 is 2.10 bits per heavy atom. The zero-order valence-electron chi connectivity index (χ0n) is 12.0. The van der Waals surface area contributed by atoms with E-state index in [9.17, 15) is 19.2 Å². The van der Waals surface area contributed by atoms with Gasteiger partial charge in [-0.3, -0.25) is 29.3 Å². The standard InChI is InChI=1S/C12H20N4O5/c1-3-6(2)10(13)11(19)14-7-4-9(18)16(12(7)20)5-8(17)15-21/h6-7,10,21H,3-5,13H2,1-2H3,(H,14,19)(H,15,17)/t6-,7+,10+/m1/s1. The summed E-state index contributed by atoms with van der Waals surface area (Å²) in [5.74, 6) is -2.74. The van der Waals surface area contributed by atoms with Gasteiger partial charge in [0.1, 0.15) is 12.6 Å². The van der Waals surface area contributed by atoms with E-state index in [0.717, 1.165) is 0 Å². The molecule has 21 heavy (non-hydrogen) atoms. The Hall–Kier alpha value is -2.00. The highest BCUT2D eigenvalue weighted by atomic mass is 16.5. The Kier molecular flexibility index (Phi) is 5.79. The molecule has 0 unspecified atom stereocenters. The Bertz CT molecular complexity index is 453. The number of rotatable bonds is 6. The molecule has 1 aliphatic heterocycles. The number of nitrogens with two attached hydrogens (primary N) is 1. The topological polar surface area (TPSA) is 142 Å². The maximum atomic E-state index is 12.0. The number of likely N-dealkylation sites (tertiary alicyclic amines) is 1. The fourth-order valence-corrected chi connectivity index (χ4v) is 1.92. The fourth-order valence-electron chi connectivity index (χ4n) is 1.92. The first-order chi connectivity index (χ1) is 9.81. The second-order valence-corrected chi connectivity index (χ2v) is 5.03. The van der Waals surface area contributed by atoms with Crippen molar-refractivity contribution in [2.24, 2.45) is 11.7 Å². The van der Waals surface area contributed by atoms with Crippen LogP contribution in [-0.4, -0.2) is 52.4 Å². The van der Waals surface area contributed by atoms with Gasteiger partial charge in [0.15, 0.2) is 0 Å². The van der Waals surface area contributed by atoms with Crippen LogP contribution in [-0.2, 0) is 19.2 Å². The van der Waals surface area contributed by atoms with E-state index in [1.54, 1.807) is 0 Å². The number of imide groups is 1. The van der Waals surface area contributed by atoms with E-state index in [1.165, 1.54) is 5.48 Å². The van der Waals surface area contributed by atoms with Crippen LogP contribution in [0.15, 0.2) is 0 Å². The van der Waals surface area contributed by atoms with E-state index in [-0.39, 0.29) is 12.3 Å². The molecule has 0 radical (unpaired) electrons. The molecular weight excluding hydrogens is 280 g/mol. The van der Waals surface area contributed by atoms with Gasteiger partial charge < -0.3 is 11.1 Å². The number of amides is 4. The summed E-state index contributed by atoms with van der Waals surface area (Å²) in [5, 5.41) is 10.8. The summed E-state index contributed by atoms with van der Waals surface area (Å²) >= 11 is 0. The molecule has 0 aromatic heterocycles.